The van der Waals surface area contributed by atoms with E-state index in [0.29, 0.717) is 11.2 Å². The molecule has 4 aromatic rings. The van der Waals surface area contributed by atoms with Gasteiger partial charge in [0, 0.05) is 14.8 Å². The zero-order valence-electron chi connectivity index (χ0n) is 13.8. The van der Waals surface area contributed by atoms with Crippen LogP contribution in [0.3, 0.4) is 0 Å². The minimum Gasteiger partial charge on any atom is -0.322 e. The van der Waals surface area contributed by atoms with Gasteiger partial charge in [-0.3, -0.25) is 4.79 Å². The second-order valence-corrected chi connectivity index (χ2v) is 6.91. The first-order valence-electron chi connectivity index (χ1n) is 7.97. The van der Waals surface area contributed by atoms with Crippen molar-refractivity contribution in [2.75, 3.05) is 5.32 Å². The number of nitrogens with one attached hydrogen (secondary N) is 1. The number of amides is 1. The summed E-state index contributed by atoms with van der Waals surface area (Å²) < 4.78 is 2.63. The van der Waals surface area contributed by atoms with Gasteiger partial charge in [-0.2, -0.15) is 9.61 Å². The van der Waals surface area contributed by atoms with Crippen molar-refractivity contribution in [2.45, 2.75) is 6.92 Å². The number of carbonyl (C=O) groups excluding carboxylic acids is 1. The maximum atomic E-state index is 12.4. The van der Waals surface area contributed by atoms with E-state index >= 15 is 0 Å². The highest BCUT2D eigenvalue weighted by atomic mass is 127. The number of carbonyl (C=O) groups is 1. The third-order valence-electron chi connectivity index (χ3n) is 3.98. The summed E-state index contributed by atoms with van der Waals surface area (Å²) >= 11 is 2.16. The van der Waals surface area contributed by atoms with Gasteiger partial charge in [-0.1, -0.05) is 24.3 Å². The molecule has 0 atom stereocenters. The fourth-order valence-electron chi connectivity index (χ4n) is 2.62. The lowest BCUT2D eigenvalue weighted by Crippen LogP contribution is -2.13. The summed E-state index contributed by atoms with van der Waals surface area (Å²) in [6.07, 6.45) is 0. The van der Waals surface area contributed by atoms with Crippen molar-refractivity contribution >= 4 is 39.8 Å². The van der Waals surface area contributed by atoms with Gasteiger partial charge in [0.05, 0.1) is 11.3 Å². The van der Waals surface area contributed by atoms with Crippen molar-refractivity contribution in [3.8, 4) is 11.3 Å². The molecule has 2 heterocycles. The van der Waals surface area contributed by atoms with E-state index in [-0.39, 0.29) is 5.91 Å². The first kappa shape index (κ1) is 16.6. The number of halogens is 1. The molecule has 0 spiro atoms. The van der Waals surface area contributed by atoms with Gasteiger partial charge in [-0.15, -0.1) is 10.2 Å². The fraction of sp³-hybridized carbons (Fsp3) is 0.0526. The Morgan fingerprint density at radius 1 is 1.00 bits per heavy atom. The van der Waals surface area contributed by atoms with Crippen LogP contribution in [0.1, 0.15) is 16.2 Å². The SMILES string of the molecule is Cc1nnc2ccc(-c3ccc(NC(=O)c4ccccc4I)cc3)nn12. The largest absolute Gasteiger partial charge is 0.322 e. The summed E-state index contributed by atoms with van der Waals surface area (Å²) in [6, 6.07) is 18.9. The van der Waals surface area contributed by atoms with Gasteiger partial charge >= 0.3 is 0 Å². The number of hydrogen-bond acceptors (Lipinski definition) is 4. The van der Waals surface area contributed by atoms with E-state index in [4.69, 9.17) is 0 Å². The molecular weight excluding hydrogens is 441 g/mol. The van der Waals surface area contributed by atoms with Gasteiger partial charge in [-0.25, -0.2) is 0 Å². The molecule has 0 radical (unpaired) electrons. The Bertz CT molecular complexity index is 1100. The van der Waals surface area contributed by atoms with Crippen LogP contribution in [-0.2, 0) is 0 Å². The Morgan fingerprint density at radius 2 is 1.77 bits per heavy atom. The van der Waals surface area contributed by atoms with Crippen LogP contribution in [0.5, 0.6) is 0 Å². The normalized spacial score (nSPS) is 10.8. The molecule has 26 heavy (non-hydrogen) atoms. The van der Waals surface area contributed by atoms with Gasteiger partial charge in [-0.05, 0) is 65.9 Å². The van der Waals surface area contributed by atoms with E-state index in [1.54, 1.807) is 4.52 Å². The second kappa shape index (κ2) is 6.83. The van der Waals surface area contributed by atoms with Crippen LogP contribution >= 0.6 is 22.6 Å². The first-order chi connectivity index (χ1) is 12.6. The number of aromatic nitrogens is 4. The summed E-state index contributed by atoms with van der Waals surface area (Å²) in [5.41, 5.74) is 3.88. The minimum atomic E-state index is -0.123. The maximum Gasteiger partial charge on any atom is 0.256 e. The average molecular weight is 455 g/mol. The van der Waals surface area contributed by atoms with Gasteiger partial charge in [0.25, 0.3) is 5.91 Å². The molecule has 0 saturated heterocycles. The lowest BCUT2D eigenvalue weighted by atomic mass is 10.1. The minimum absolute atomic E-state index is 0.123. The van der Waals surface area contributed by atoms with Crippen molar-refractivity contribution in [2.24, 2.45) is 0 Å². The van der Waals surface area contributed by atoms with Crippen molar-refractivity contribution in [1.82, 2.24) is 19.8 Å². The van der Waals surface area contributed by atoms with E-state index in [1.165, 1.54) is 0 Å². The molecule has 4 rings (SSSR count). The topological polar surface area (TPSA) is 72.2 Å². The molecule has 0 unspecified atom stereocenters. The lowest BCUT2D eigenvalue weighted by molar-refractivity contribution is 0.102. The standard InChI is InChI=1S/C19H14IN5O/c1-12-22-23-18-11-10-17(24-25(12)18)13-6-8-14(9-7-13)21-19(26)15-4-2-3-5-16(15)20/h2-11H,1H3,(H,21,26). The molecule has 0 aliphatic carbocycles. The van der Waals surface area contributed by atoms with E-state index in [2.05, 4.69) is 43.2 Å². The molecule has 128 valence electrons. The van der Waals surface area contributed by atoms with E-state index < -0.39 is 0 Å². The predicted molar refractivity (Wildman–Crippen MR) is 108 cm³/mol. The highest BCUT2D eigenvalue weighted by molar-refractivity contribution is 14.1. The highest BCUT2D eigenvalue weighted by Gasteiger charge is 2.10. The molecule has 6 nitrogen and oxygen atoms in total. The second-order valence-electron chi connectivity index (χ2n) is 5.75. The molecule has 0 aliphatic heterocycles. The van der Waals surface area contributed by atoms with Crippen LogP contribution in [0, 0.1) is 10.5 Å². The zero-order chi connectivity index (χ0) is 18.1. The Morgan fingerprint density at radius 3 is 2.54 bits per heavy atom. The van der Waals surface area contributed by atoms with Crippen molar-refractivity contribution < 1.29 is 4.79 Å². The average Bonchev–Trinajstić information content (AvgIpc) is 3.03. The van der Waals surface area contributed by atoms with Crippen LogP contribution in [0.2, 0.25) is 0 Å². The number of benzene rings is 2. The lowest BCUT2D eigenvalue weighted by Gasteiger charge is -2.08. The smallest absolute Gasteiger partial charge is 0.256 e. The van der Waals surface area contributed by atoms with E-state index in [9.17, 15) is 4.79 Å². The van der Waals surface area contributed by atoms with Gasteiger partial charge in [0.15, 0.2) is 11.5 Å². The Kier molecular flexibility index (Phi) is 4.37. The molecule has 1 N–H and O–H groups in total. The summed E-state index contributed by atoms with van der Waals surface area (Å²) in [4.78, 5) is 12.4. The van der Waals surface area contributed by atoms with Crippen LogP contribution in [0.15, 0.2) is 60.7 Å². The number of anilines is 1. The number of aryl methyl sites for hydroxylation is 1. The molecular formula is C19H14IN5O. The number of rotatable bonds is 3. The summed E-state index contributed by atoms with van der Waals surface area (Å²) in [6.45, 7) is 1.86. The molecule has 2 aromatic carbocycles. The number of nitrogens with zero attached hydrogens (tertiary/aromatic N) is 4. The Labute approximate surface area is 163 Å². The van der Waals surface area contributed by atoms with Crippen LogP contribution < -0.4 is 5.32 Å². The van der Waals surface area contributed by atoms with Gasteiger partial charge in [0.1, 0.15) is 0 Å². The summed E-state index contributed by atoms with van der Waals surface area (Å²) in [5.74, 6) is 0.616. The predicted octanol–water partition coefficient (Wildman–Crippen LogP) is 3.96. The molecule has 0 bridgehead atoms. The quantitative estimate of drug-likeness (QED) is 0.475. The van der Waals surface area contributed by atoms with Crippen LogP contribution in [0.4, 0.5) is 5.69 Å². The van der Waals surface area contributed by atoms with E-state index in [1.807, 2.05) is 67.6 Å². The third-order valence-corrected chi connectivity index (χ3v) is 4.92. The highest BCUT2D eigenvalue weighted by Crippen LogP contribution is 2.21. The summed E-state index contributed by atoms with van der Waals surface area (Å²) in [7, 11) is 0. The van der Waals surface area contributed by atoms with Gasteiger partial charge < -0.3 is 5.32 Å². The van der Waals surface area contributed by atoms with Crippen molar-refractivity contribution in [3.05, 3.63) is 75.6 Å². The van der Waals surface area contributed by atoms with Crippen molar-refractivity contribution in [1.29, 1.82) is 0 Å². The number of fused-ring (bicyclic) bond motifs is 1. The molecule has 0 saturated carbocycles. The van der Waals surface area contributed by atoms with E-state index in [0.717, 1.165) is 26.3 Å². The van der Waals surface area contributed by atoms with Crippen molar-refractivity contribution in [3.63, 3.8) is 0 Å². The maximum absolute atomic E-state index is 12.4. The molecule has 2 aromatic heterocycles. The fourth-order valence-corrected chi connectivity index (χ4v) is 3.25. The zero-order valence-corrected chi connectivity index (χ0v) is 16.0. The first-order valence-corrected chi connectivity index (χ1v) is 9.05. The van der Waals surface area contributed by atoms with Gasteiger partial charge in [0.2, 0.25) is 0 Å². The Hall–Kier alpha value is -2.81. The molecule has 0 aliphatic rings. The molecule has 7 heteroatoms. The number of hydrogen-bond donors (Lipinski definition) is 1. The summed E-state index contributed by atoms with van der Waals surface area (Å²) in [5, 5.41) is 15.5. The Balaban J connectivity index is 1.57. The monoisotopic (exact) mass is 455 g/mol. The molecule has 1 amide bonds. The van der Waals surface area contributed by atoms with Crippen LogP contribution in [-0.4, -0.2) is 25.7 Å². The molecule has 0 fully saturated rings. The third kappa shape index (κ3) is 3.17. The van der Waals surface area contributed by atoms with Crippen LogP contribution in [0.25, 0.3) is 16.9 Å².